The van der Waals surface area contributed by atoms with E-state index in [1.54, 1.807) is 4.90 Å². The molecule has 0 aromatic rings. The first-order chi connectivity index (χ1) is 27.7. The minimum Gasteiger partial charge on any atom is -0.345 e. The predicted octanol–water partition coefficient (Wildman–Crippen LogP) is 7.11. The number of hydrogen-bond donors (Lipinski definition) is 2. The number of carbonyl (C=O) groups excluding carboxylic acids is 5. The average Bonchev–Trinajstić information content (AvgIpc) is 4.06. The molecule has 7 fully saturated rings. The molecular weight excluding hydrogens is 765 g/mol. The fraction of sp³-hybridized carbons (Fsp3) is 0.894. The number of rotatable bonds is 17. The number of carbonyl (C=O) groups is 5. The molecule has 59 heavy (non-hydrogen) atoms. The van der Waals surface area contributed by atoms with Crippen LogP contribution >= 0.6 is 0 Å². The van der Waals surface area contributed by atoms with E-state index in [2.05, 4.69) is 35.7 Å². The van der Waals surface area contributed by atoms with Gasteiger partial charge in [0, 0.05) is 30.7 Å². The first-order valence-corrected chi connectivity index (χ1v) is 25.2. The van der Waals surface area contributed by atoms with E-state index in [1.807, 2.05) is 34.6 Å². The summed E-state index contributed by atoms with van der Waals surface area (Å²) in [6.07, 6.45) is 13.6. The van der Waals surface area contributed by atoms with Crippen molar-refractivity contribution in [3.63, 3.8) is 0 Å². The van der Waals surface area contributed by atoms with Gasteiger partial charge >= 0.3 is 0 Å². The molecule has 0 bridgehead atoms. The highest BCUT2D eigenvalue weighted by Crippen LogP contribution is 2.88. The van der Waals surface area contributed by atoms with E-state index in [-0.39, 0.29) is 70.3 Å². The van der Waals surface area contributed by atoms with Crippen LogP contribution in [0.15, 0.2) is 0 Å². The molecule has 2 spiro atoms. The van der Waals surface area contributed by atoms with Crippen molar-refractivity contribution >= 4 is 39.3 Å². The Bertz CT molecular complexity index is 1790. The van der Waals surface area contributed by atoms with Gasteiger partial charge in [-0.05, 0) is 112 Å². The van der Waals surface area contributed by atoms with Crippen molar-refractivity contribution in [2.24, 2.45) is 44.8 Å². The Morgan fingerprint density at radius 2 is 1.51 bits per heavy atom. The summed E-state index contributed by atoms with van der Waals surface area (Å²) >= 11 is 0. The molecule has 2 saturated heterocycles. The second-order valence-corrected chi connectivity index (χ2v) is 24.1. The van der Waals surface area contributed by atoms with Crippen LogP contribution in [0.5, 0.6) is 0 Å². The number of hydrogen-bond acceptors (Lipinski definition) is 8. The molecule has 5 saturated carbocycles. The number of nitrogens with zero attached hydrogens (tertiary/aromatic N) is 2. The second-order valence-electron chi connectivity index (χ2n) is 22.1. The standard InChI is InChI=1S/C47H76N4O7S/c1-9-20-44(23-24-44)59(57,58)49-41(56)45(27-32(45)10-2)29-37(53)35-28-47(43(7,8)46(47)21-16-22-46)30-51(35)40(55)33(42(4,5)6)26-36(52)38(31-17-13-12-14-18-31)48-39(54)34-19-15-25-50(34)11-3/h31-35,38H,9-30H2,1-8H3,(H,48,54)(H,49,56)/t32-,33-,34+,35+,38+,45-,47-/m1/s1. The van der Waals surface area contributed by atoms with E-state index in [1.165, 1.54) is 0 Å². The molecule has 2 heterocycles. The lowest BCUT2D eigenvalue weighted by atomic mass is 9.73. The maximum Gasteiger partial charge on any atom is 0.240 e. The van der Waals surface area contributed by atoms with Gasteiger partial charge in [0.1, 0.15) is 0 Å². The summed E-state index contributed by atoms with van der Waals surface area (Å²) < 4.78 is 28.7. The van der Waals surface area contributed by atoms with E-state index in [0.717, 1.165) is 77.3 Å². The molecule has 0 aromatic carbocycles. The predicted molar refractivity (Wildman–Crippen MR) is 228 cm³/mol. The van der Waals surface area contributed by atoms with E-state index < -0.39 is 49.5 Å². The molecule has 332 valence electrons. The Balaban J connectivity index is 1.15. The minimum atomic E-state index is -3.91. The summed E-state index contributed by atoms with van der Waals surface area (Å²) in [5.41, 5.74) is -2.00. The van der Waals surface area contributed by atoms with Gasteiger partial charge in [-0.2, -0.15) is 0 Å². The van der Waals surface area contributed by atoms with Crippen LogP contribution in [0.1, 0.15) is 177 Å². The largest absolute Gasteiger partial charge is 0.345 e. The number of likely N-dealkylation sites (N-methyl/N-ethyl adjacent to an activating group) is 1. The van der Waals surface area contributed by atoms with Crippen molar-refractivity contribution in [2.45, 2.75) is 200 Å². The smallest absolute Gasteiger partial charge is 0.240 e. The van der Waals surface area contributed by atoms with Crippen LogP contribution in [0.4, 0.5) is 0 Å². The van der Waals surface area contributed by atoms with Gasteiger partial charge in [0.25, 0.3) is 0 Å². The molecule has 7 rings (SSSR count). The maximum absolute atomic E-state index is 15.4. The third-order valence-electron chi connectivity index (χ3n) is 18.0. The van der Waals surface area contributed by atoms with Crippen LogP contribution in [-0.2, 0) is 34.0 Å². The maximum atomic E-state index is 15.4. The van der Waals surface area contributed by atoms with Crippen molar-refractivity contribution in [1.82, 2.24) is 19.8 Å². The van der Waals surface area contributed by atoms with Crippen LogP contribution in [0.3, 0.4) is 0 Å². The van der Waals surface area contributed by atoms with Gasteiger partial charge in [-0.3, -0.25) is 33.6 Å². The molecule has 12 heteroatoms. The molecule has 2 aliphatic heterocycles. The van der Waals surface area contributed by atoms with Crippen molar-refractivity contribution in [3.05, 3.63) is 0 Å². The van der Waals surface area contributed by atoms with E-state index >= 15 is 4.79 Å². The molecule has 7 aliphatic rings. The lowest BCUT2D eigenvalue weighted by Crippen LogP contribution is -2.54. The monoisotopic (exact) mass is 841 g/mol. The van der Waals surface area contributed by atoms with E-state index in [0.29, 0.717) is 51.5 Å². The lowest BCUT2D eigenvalue weighted by molar-refractivity contribution is -0.147. The molecule has 2 N–H and O–H groups in total. The molecule has 0 aromatic heterocycles. The van der Waals surface area contributed by atoms with Crippen molar-refractivity contribution in [2.75, 3.05) is 19.6 Å². The quantitative estimate of drug-likeness (QED) is 0.158. The summed E-state index contributed by atoms with van der Waals surface area (Å²) in [6, 6.07) is -1.67. The Morgan fingerprint density at radius 1 is 0.831 bits per heavy atom. The third kappa shape index (κ3) is 7.35. The summed E-state index contributed by atoms with van der Waals surface area (Å²) in [5, 5.41) is 3.24. The highest BCUT2D eigenvalue weighted by Gasteiger charge is 2.85. The number of likely N-dealkylation sites (tertiary alicyclic amines) is 2. The summed E-state index contributed by atoms with van der Waals surface area (Å²) in [6.45, 7) is 18.6. The van der Waals surface area contributed by atoms with Crippen molar-refractivity contribution in [3.8, 4) is 0 Å². The molecule has 7 atom stereocenters. The Kier molecular flexibility index (Phi) is 12.0. The van der Waals surface area contributed by atoms with Crippen LogP contribution in [0.2, 0.25) is 0 Å². The van der Waals surface area contributed by atoms with E-state index in [4.69, 9.17) is 0 Å². The molecule has 3 amide bonds. The third-order valence-corrected chi connectivity index (χ3v) is 20.2. The van der Waals surface area contributed by atoms with Crippen LogP contribution < -0.4 is 10.0 Å². The number of sulfonamides is 1. The first kappa shape index (κ1) is 44.7. The van der Waals surface area contributed by atoms with E-state index in [9.17, 15) is 27.6 Å². The van der Waals surface area contributed by atoms with Crippen molar-refractivity contribution in [1.29, 1.82) is 0 Å². The van der Waals surface area contributed by atoms with Crippen LogP contribution in [-0.4, -0.2) is 90.0 Å². The van der Waals surface area contributed by atoms with Gasteiger partial charge in [0.2, 0.25) is 27.7 Å². The van der Waals surface area contributed by atoms with Gasteiger partial charge in [-0.1, -0.05) is 93.9 Å². The Morgan fingerprint density at radius 3 is 2.03 bits per heavy atom. The number of nitrogens with one attached hydrogen (secondary N) is 2. The topological polar surface area (TPSA) is 150 Å². The number of Topliss-reactive ketones (excluding diaryl/α,β-unsaturated/α-hetero) is 2. The second kappa shape index (κ2) is 15.8. The first-order valence-electron chi connectivity index (χ1n) is 23.7. The Hall–Kier alpha value is -2.34. The summed E-state index contributed by atoms with van der Waals surface area (Å²) in [5.74, 6) is -1.94. The van der Waals surface area contributed by atoms with Gasteiger partial charge in [-0.15, -0.1) is 0 Å². The zero-order valence-corrected chi connectivity index (χ0v) is 38.5. The average molecular weight is 841 g/mol. The van der Waals surface area contributed by atoms with Crippen LogP contribution in [0, 0.1) is 44.8 Å². The highest BCUT2D eigenvalue weighted by atomic mass is 32.2. The molecule has 0 unspecified atom stereocenters. The van der Waals surface area contributed by atoms with Gasteiger partial charge in [-0.25, -0.2) is 8.42 Å². The minimum absolute atomic E-state index is 0.0213. The van der Waals surface area contributed by atoms with Gasteiger partial charge in [0.15, 0.2) is 11.6 Å². The molecule has 11 nitrogen and oxygen atoms in total. The number of fused-ring (bicyclic) bond motifs is 1. The normalized spacial score (nSPS) is 32.9. The highest BCUT2D eigenvalue weighted by molar-refractivity contribution is 7.91. The van der Waals surface area contributed by atoms with Gasteiger partial charge < -0.3 is 10.2 Å². The van der Waals surface area contributed by atoms with Crippen molar-refractivity contribution < 1.29 is 32.4 Å². The number of ketones is 2. The SMILES string of the molecule is CCCC1(S(=O)(=O)NC(=O)[C@@]2(CC(=O)[C@@H]3C[C@@]4(CN3C(=O)[C@@H](CC(=O)[C@@H](NC(=O)[C@@H]3CCCN3CC)C3CCCCC3)C(C)(C)C)C(C)(C)C43CCC3)C[C@H]2CC)CC1. The fourth-order valence-corrected chi connectivity index (χ4v) is 15.4. The zero-order chi connectivity index (χ0) is 43.0. The summed E-state index contributed by atoms with van der Waals surface area (Å²) in [7, 11) is -3.91. The molecule has 5 aliphatic carbocycles. The Labute approximate surface area is 355 Å². The molecule has 0 radical (unpaired) electrons. The van der Waals surface area contributed by atoms with Gasteiger partial charge in [0.05, 0.1) is 28.3 Å². The lowest BCUT2D eigenvalue weighted by Gasteiger charge is -2.37. The van der Waals surface area contributed by atoms with Crippen LogP contribution in [0.25, 0.3) is 0 Å². The summed E-state index contributed by atoms with van der Waals surface area (Å²) in [4.78, 5) is 77.0. The molecular formula is C47H76N4O7S. The number of amides is 3. The fourth-order valence-electron chi connectivity index (χ4n) is 13.6. The zero-order valence-electron chi connectivity index (χ0n) is 37.7.